The van der Waals surface area contributed by atoms with Crippen LogP contribution in [0.5, 0.6) is 5.75 Å². The normalized spacial score (nSPS) is 11.5. The molecular weight excluding hydrogens is 261 g/mol. The number of benzene rings is 1. The summed E-state index contributed by atoms with van der Waals surface area (Å²) in [6.45, 7) is 0. The lowest BCUT2D eigenvalue weighted by atomic mass is 10.2. The maximum absolute atomic E-state index is 13.0. The molecule has 0 saturated heterocycles. The lowest BCUT2D eigenvalue weighted by molar-refractivity contribution is -0.163. The van der Waals surface area contributed by atoms with Gasteiger partial charge in [-0.2, -0.15) is 8.78 Å². The molecule has 3 nitrogen and oxygen atoms in total. The molecule has 0 saturated carbocycles. The van der Waals surface area contributed by atoms with Gasteiger partial charge in [0.15, 0.2) is 11.6 Å². The van der Waals surface area contributed by atoms with E-state index in [1.165, 1.54) is 0 Å². The Hall–Kier alpha value is -1.86. The molecule has 0 heterocycles. The van der Waals surface area contributed by atoms with Crippen LogP contribution in [-0.2, 0) is 4.79 Å². The van der Waals surface area contributed by atoms with Gasteiger partial charge in [0.2, 0.25) is 0 Å². The zero-order valence-electron chi connectivity index (χ0n) is 9.02. The van der Waals surface area contributed by atoms with Gasteiger partial charge in [-0.25, -0.2) is 13.2 Å². The van der Waals surface area contributed by atoms with E-state index in [9.17, 15) is 26.7 Å². The average molecular weight is 269 g/mol. The number of rotatable bonds is 4. The monoisotopic (exact) mass is 269 g/mol. The van der Waals surface area contributed by atoms with Crippen molar-refractivity contribution in [2.75, 3.05) is 12.4 Å². The van der Waals surface area contributed by atoms with Crippen molar-refractivity contribution in [3.05, 3.63) is 24.0 Å². The molecule has 0 bridgehead atoms. The number of methoxy groups -OCH3 is 1. The molecule has 1 aromatic rings. The molecule has 18 heavy (non-hydrogen) atoms. The van der Waals surface area contributed by atoms with Crippen LogP contribution in [0, 0.1) is 5.82 Å². The Morgan fingerprint density at radius 1 is 1.39 bits per heavy atom. The second-order valence-electron chi connectivity index (χ2n) is 3.23. The third-order valence-electron chi connectivity index (χ3n) is 1.99. The summed E-state index contributed by atoms with van der Waals surface area (Å²) in [5.41, 5.74) is -0.279. The van der Waals surface area contributed by atoms with Crippen molar-refractivity contribution >= 4 is 11.6 Å². The first kappa shape index (κ1) is 14.2. The van der Waals surface area contributed by atoms with E-state index in [1.807, 2.05) is 0 Å². The largest absolute Gasteiger partial charge is 0.494 e. The van der Waals surface area contributed by atoms with Crippen LogP contribution in [0.2, 0.25) is 0 Å². The fourth-order valence-corrected chi connectivity index (χ4v) is 1.05. The van der Waals surface area contributed by atoms with Crippen molar-refractivity contribution in [3.63, 3.8) is 0 Å². The predicted octanol–water partition coefficient (Wildman–Crippen LogP) is 2.67. The van der Waals surface area contributed by atoms with Gasteiger partial charge in [0.1, 0.15) is 0 Å². The summed E-state index contributed by atoms with van der Waals surface area (Å²) in [5, 5.41) is 1.55. The molecule has 0 spiro atoms. The van der Waals surface area contributed by atoms with E-state index in [4.69, 9.17) is 0 Å². The highest BCUT2D eigenvalue weighted by molar-refractivity contribution is 5.96. The Kier molecular flexibility index (Phi) is 4.10. The molecule has 0 aliphatic rings. The minimum absolute atomic E-state index is 0.279. The summed E-state index contributed by atoms with van der Waals surface area (Å²) in [7, 11) is 1.12. The highest BCUT2D eigenvalue weighted by Crippen LogP contribution is 2.26. The number of carbonyl (C=O) groups excluding carboxylic acids is 1. The number of halogens is 5. The van der Waals surface area contributed by atoms with Gasteiger partial charge in [0.25, 0.3) is 0 Å². The zero-order valence-corrected chi connectivity index (χ0v) is 9.02. The quantitative estimate of drug-likeness (QED) is 0.853. The van der Waals surface area contributed by atoms with Crippen LogP contribution in [0.1, 0.15) is 0 Å². The first-order valence-corrected chi connectivity index (χ1v) is 4.60. The smallest absolute Gasteiger partial charge is 0.383 e. The zero-order chi connectivity index (χ0) is 13.9. The number of amides is 1. The Labute approximate surface area is 98.5 Å². The molecule has 0 atom stereocenters. The molecule has 8 heteroatoms. The van der Waals surface area contributed by atoms with E-state index < -0.39 is 24.1 Å². The van der Waals surface area contributed by atoms with Gasteiger partial charge < -0.3 is 10.1 Å². The number of alkyl halides is 4. The molecular formula is C10H8F5NO2. The number of anilines is 1. The van der Waals surface area contributed by atoms with E-state index in [-0.39, 0.29) is 11.4 Å². The Bertz CT molecular complexity index is 450. The van der Waals surface area contributed by atoms with E-state index in [2.05, 4.69) is 4.74 Å². The van der Waals surface area contributed by atoms with Gasteiger partial charge in [0, 0.05) is 11.8 Å². The topological polar surface area (TPSA) is 38.3 Å². The summed E-state index contributed by atoms with van der Waals surface area (Å²) in [6, 6.07) is 2.68. The van der Waals surface area contributed by atoms with Crippen molar-refractivity contribution in [1.29, 1.82) is 0 Å². The summed E-state index contributed by atoms with van der Waals surface area (Å²) in [5.74, 6) is -8.09. The maximum Gasteiger partial charge on any atom is 0.383 e. The van der Waals surface area contributed by atoms with Crippen LogP contribution in [0.3, 0.4) is 0 Å². The molecule has 1 N–H and O–H groups in total. The number of hydrogen-bond donors (Lipinski definition) is 1. The summed E-state index contributed by atoms with van der Waals surface area (Å²) >= 11 is 0. The van der Waals surface area contributed by atoms with E-state index >= 15 is 0 Å². The minimum Gasteiger partial charge on any atom is -0.494 e. The number of hydrogen-bond acceptors (Lipinski definition) is 2. The van der Waals surface area contributed by atoms with Gasteiger partial charge in [-0.3, -0.25) is 4.79 Å². The van der Waals surface area contributed by atoms with Gasteiger partial charge in [-0.05, 0) is 12.1 Å². The third-order valence-corrected chi connectivity index (χ3v) is 1.99. The second-order valence-corrected chi connectivity index (χ2v) is 3.23. The van der Waals surface area contributed by atoms with Crippen LogP contribution in [-0.4, -0.2) is 25.4 Å². The second kappa shape index (κ2) is 5.19. The van der Waals surface area contributed by atoms with Crippen LogP contribution in [0.25, 0.3) is 0 Å². The van der Waals surface area contributed by atoms with Gasteiger partial charge in [-0.1, -0.05) is 0 Å². The molecule has 0 aliphatic heterocycles. The van der Waals surface area contributed by atoms with Crippen LogP contribution in [0.4, 0.5) is 27.6 Å². The molecule has 0 aromatic heterocycles. The van der Waals surface area contributed by atoms with Gasteiger partial charge >= 0.3 is 18.3 Å². The lowest BCUT2D eigenvalue weighted by Crippen LogP contribution is -2.40. The molecule has 1 amide bonds. The summed E-state index contributed by atoms with van der Waals surface area (Å²) < 4.78 is 66.5. The van der Waals surface area contributed by atoms with Crippen molar-refractivity contribution in [2.24, 2.45) is 0 Å². The van der Waals surface area contributed by atoms with Crippen LogP contribution in [0.15, 0.2) is 18.2 Å². The van der Waals surface area contributed by atoms with E-state index in [0.29, 0.717) is 0 Å². The molecule has 0 radical (unpaired) electrons. The average Bonchev–Trinajstić information content (AvgIpc) is 2.31. The Morgan fingerprint density at radius 2 is 2.00 bits per heavy atom. The van der Waals surface area contributed by atoms with Crippen molar-refractivity contribution in [3.8, 4) is 5.75 Å². The third kappa shape index (κ3) is 2.88. The molecule has 1 rings (SSSR count). The minimum atomic E-state index is -4.82. The summed E-state index contributed by atoms with van der Waals surface area (Å²) in [6.07, 6.45) is -4.13. The van der Waals surface area contributed by atoms with Gasteiger partial charge in [-0.15, -0.1) is 0 Å². The summed E-state index contributed by atoms with van der Waals surface area (Å²) in [4.78, 5) is 10.9. The van der Waals surface area contributed by atoms with Crippen LogP contribution >= 0.6 is 0 Å². The van der Waals surface area contributed by atoms with Gasteiger partial charge in [0.05, 0.1) is 7.11 Å². The van der Waals surface area contributed by atoms with Crippen molar-refractivity contribution < 1.29 is 31.5 Å². The van der Waals surface area contributed by atoms with Crippen LogP contribution < -0.4 is 10.1 Å². The Morgan fingerprint density at radius 3 is 2.50 bits per heavy atom. The molecule has 0 aliphatic carbocycles. The number of carbonyl (C=O) groups is 1. The first-order valence-electron chi connectivity index (χ1n) is 4.60. The molecule has 100 valence electrons. The van der Waals surface area contributed by atoms with Crippen molar-refractivity contribution in [2.45, 2.75) is 12.3 Å². The Balaban J connectivity index is 2.89. The maximum atomic E-state index is 13.0. The van der Waals surface area contributed by atoms with E-state index in [0.717, 1.165) is 25.3 Å². The lowest BCUT2D eigenvalue weighted by Gasteiger charge is -2.15. The first-order chi connectivity index (χ1) is 8.28. The fourth-order valence-electron chi connectivity index (χ4n) is 1.05. The highest BCUT2D eigenvalue weighted by Gasteiger charge is 2.48. The number of nitrogens with one attached hydrogen (secondary N) is 1. The predicted molar refractivity (Wildman–Crippen MR) is 52.5 cm³/mol. The highest BCUT2D eigenvalue weighted by atomic mass is 19.3. The van der Waals surface area contributed by atoms with E-state index in [1.54, 1.807) is 5.32 Å². The standard InChI is InChI=1S/C10H8F5NO2/c1-18-7-4-5(2-3-6(7)11)16-9(17)10(14,15)8(12)13/h2-4,8H,1H3,(H,16,17). The number of ether oxygens (including phenoxy) is 1. The van der Waals surface area contributed by atoms with Crippen molar-refractivity contribution in [1.82, 2.24) is 0 Å². The fraction of sp³-hybridized carbons (Fsp3) is 0.300. The molecule has 1 aromatic carbocycles. The SMILES string of the molecule is COc1cc(NC(=O)C(F)(F)C(F)F)ccc1F. The molecule has 0 fully saturated rings. The molecule has 0 unspecified atom stereocenters.